The Hall–Kier alpha value is -3.66. The predicted octanol–water partition coefficient (Wildman–Crippen LogP) is 5.97. The van der Waals surface area contributed by atoms with Crippen molar-refractivity contribution in [1.29, 1.82) is 0 Å². The third kappa shape index (κ3) is 6.79. The number of Topliss-reactive ketones (excluding diaryl/α,β-unsaturated/α-hetero) is 2. The van der Waals surface area contributed by atoms with Crippen molar-refractivity contribution in [2.45, 2.75) is 57.7 Å². The summed E-state index contributed by atoms with van der Waals surface area (Å²) in [7, 11) is 0. The number of benzene rings is 2. The number of ketones is 2. The van der Waals surface area contributed by atoms with Gasteiger partial charge in [-0.2, -0.15) is 0 Å². The summed E-state index contributed by atoms with van der Waals surface area (Å²) in [5.74, 6) is -1.03. The smallest absolute Gasteiger partial charge is 0.410 e. The van der Waals surface area contributed by atoms with Gasteiger partial charge in [-0.05, 0) is 94.3 Å². The minimum Gasteiger partial charge on any atom is -0.410 e. The fourth-order valence-electron chi connectivity index (χ4n) is 6.22. The fraction of sp³-hybridized carbons (Fsp3) is 0.394. The first-order chi connectivity index (χ1) is 20.6. The van der Waals surface area contributed by atoms with E-state index in [1.807, 2.05) is 32.0 Å². The number of rotatable bonds is 8. The van der Waals surface area contributed by atoms with Gasteiger partial charge in [0.05, 0.1) is 22.8 Å². The average Bonchev–Trinajstić information content (AvgIpc) is 3.47. The molecule has 2 aliphatic heterocycles. The first-order valence-electron chi connectivity index (χ1n) is 14.6. The minimum absolute atomic E-state index is 0.0370. The molecule has 2 unspecified atom stereocenters. The van der Waals surface area contributed by atoms with E-state index in [4.69, 9.17) is 16.3 Å². The molecule has 2 fully saturated rings. The van der Waals surface area contributed by atoms with E-state index in [9.17, 15) is 18.8 Å². The van der Waals surface area contributed by atoms with E-state index in [0.717, 1.165) is 5.69 Å². The Kier molecular flexibility index (Phi) is 9.54. The first-order valence-corrected chi connectivity index (χ1v) is 15.0. The lowest BCUT2D eigenvalue weighted by molar-refractivity contribution is 0.0874. The van der Waals surface area contributed by atoms with E-state index in [1.54, 1.807) is 23.2 Å². The second-order valence-electron chi connectivity index (χ2n) is 11.5. The van der Waals surface area contributed by atoms with Crippen LogP contribution in [-0.4, -0.2) is 59.3 Å². The number of hydrogen-bond donors (Lipinski definition) is 2. The molecule has 0 saturated carbocycles. The molecule has 8 nitrogen and oxygen atoms in total. The van der Waals surface area contributed by atoms with Gasteiger partial charge in [0.2, 0.25) is 0 Å². The molecule has 2 saturated heterocycles. The quantitative estimate of drug-likeness (QED) is 0.305. The SMILES string of the molecule is CC(=O)c1cc([C@@H]2CNC[C@H]2N(C(=O)Oc2ccc(F)cc2)C(C)C)c(C(=O)C2CCNC(c3ccccn3)C2)cc1Cl. The molecule has 2 N–H and O–H groups in total. The summed E-state index contributed by atoms with van der Waals surface area (Å²) in [5.41, 5.74) is 2.37. The van der Waals surface area contributed by atoms with Crippen molar-refractivity contribution < 1.29 is 23.5 Å². The van der Waals surface area contributed by atoms with Crippen molar-refractivity contribution in [2.24, 2.45) is 5.92 Å². The average molecular weight is 607 g/mol. The summed E-state index contributed by atoms with van der Waals surface area (Å²) in [4.78, 5) is 46.4. The summed E-state index contributed by atoms with van der Waals surface area (Å²) in [6.07, 6.45) is 2.40. The molecule has 0 aliphatic carbocycles. The normalized spacial score (nSPS) is 21.9. The first kappa shape index (κ1) is 30.8. The minimum atomic E-state index is -0.578. The molecule has 0 bridgehead atoms. The van der Waals surface area contributed by atoms with Crippen molar-refractivity contribution in [3.05, 3.63) is 94.0 Å². The molecular formula is C33H36ClFN4O4. The van der Waals surface area contributed by atoms with Crippen molar-refractivity contribution in [3.8, 4) is 5.75 Å². The number of carbonyl (C=O) groups is 3. The van der Waals surface area contributed by atoms with Crippen LogP contribution in [0, 0.1) is 11.7 Å². The Labute approximate surface area is 256 Å². The van der Waals surface area contributed by atoms with Crippen molar-refractivity contribution in [1.82, 2.24) is 20.5 Å². The van der Waals surface area contributed by atoms with Crippen LogP contribution in [0.1, 0.15) is 77.5 Å². The molecule has 43 heavy (non-hydrogen) atoms. The van der Waals surface area contributed by atoms with Crippen LogP contribution in [0.15, 0.2) is 60.8 Å². The molecule has 3 heterocycles. The van der Waals surface area contributed by atoms with Gasteiger partial charge < -0.3 is 20.3 Å². The maximum Gasteiger partial charge on any atom is 0.415 e. The number of piperidine rings is 1. The molecular weight excluding hydrogens is 571 g/mol. The Morgan fingerprint density at radius 1 is 1.07 bits per heavy atom. The van der Waals surface area contributed by atoms with Gasteiger partial charge in [0.1, 0.15) is 11.6 Å². The van der Waals surface area contributed by atoms with Crippen LogP contribution in [-0.2, 0) is 0 Å². The molecule has 4 atom stereocenters. The zero-order valence-corrected chi connectivity index (χ0v) is 25.2. The predicted molar refractivity (Wildman–Crippen MR) is 162 cm³/mol. The van der Waals surface area contributed by atoms with Crippen LogP contribution in [0.3, 0.4) is 0 Å². The van der Waals surface area contributed by atoms with Crippen LogP contribution in [0.5, 0.6) is 5.75 Å². The molecule has 0 spiro atoms. The van der Waals surface area contributed by atoms with Gasteiger partial charge in [0.25, 0.3) is 0 Å². The van der Waals surface area contributed by atoms with E-state index in [-0.39, 0.29) is 52.3 Å². The third-order valence-corrected chi connectivity index (χ3v) is 8.64. The van der Waals surface area contributed by atoms with E-state index >= 15 is 0 Å². The van der Waals surface area contributed by atoms with E-state index in [1.165, 1.54) is 31.2 Å². The summed E-state index contributed by atoms with van der Waals surface area (Å²) < 4.78 is 19.1. The van der Waals surface area contributed by atoms with Crippen molar-refractivity contribution >= 4 is 29.3 Å². The monoisotopic (exact) mass is 606 g/mol. The molecule has 5 rings (SSSR count). The lowest BCUT2D eigenvalue weighted by Crippen LogP contribution is -2.49. The lowest BCUT2D eigenvalue weighted by Gasteiger charge is -2.36. The molecule has 1 aromatic heterocycles. The second kappa shape index (κ2) is 13.3. The van der Waals surface area contributed by atoms with Crippen LogP contribution in [0.25, 0.3) is 0 Å². The standard InChI is InChI=1S/C33H36ClFN4O4/c1-19(2)39(33(42)43-23-9-7-22(35)8-10-23)31-18-36-17-27(31)25-15-24(20(3)40)28(34)16-26(25)32(41)21-11-13-38-30(14-21)29-6-4-5-12-37-29/h4-10,12,15-16,19,21,27,30-31,36,38H,11,13-14,17-18H2,1-3H3/t21?,27-,30?,31+/m0/s1. The Bertz CT molecular complexity index is 1480. The molecule has 3 aromatic rings. The van der Waals surface area contributed by atoms with Gasteiger partial charge in [0.15, 0.2) is 11.6 Å². The highest BCUT2D eigenvalue weighted by Gasteiger charge is 2.41. The maximum atomic E-state index is 14.3. The van der Waals surface area contributed by atoms with E-state index in [2.05, 4.69) is 15.6 Å². The molecule has 1 amide bonds. The number of amides is 1. The Morgan fingerprint density at radius 3 is 2.51 bits per heavy atom. The zero-order valence-electron chi connectivity index (χ0n) is 24.5. The summed E-state index contributed by atoms with van der Waals surface area (Å²) in [6, 6.07) is 13.7. The Balaban J connectivity index is 1.48. The van der Waals surface area contributed by atoms with Crippen LogP contribution >= 0.6 is 11.6 Å². The number of nitrogens with zero attached hydrogens (tertiary/aromatic N) is 2. The summed E-state index contributed by atoms with van der Waals surface area (Å²) in [6.45, 7) is 6.84. The molecule has 226 valence electrons. The highest BCUT2D eigenvalue weighted by molar-refractivity contribution is 6.34. The summed E-state index contributed by atoms with van der Waals surface area (Å²) in [5, 5.41) is 7.08. The molecule has 10 heteroatoms. The third-order valence-electron chi connectivity index (χ3n) is 8.33. The van der Waals surface area contributed by atoms with Gasteiger partial charge in [0, 0.05) is 48.3 Å². The van der Waals surface area contributed by atoms with E-state index < -0.39 is 11.9 Å². The molecule has 2 aliphatic rings. The van der Waals surface area contributed by atoms with Crippen LogP contribution in [0.4, 0.5) is 9.18 Å². The van der Waals surface area contributed by atoms with Crippen molar-refractivity contribution in [3.63, 3.8) is 0 Å². The van der Waals surface area contributed by atoms with Gasteiger partial charge >= 0.3 is 6.09 Å². The van der Waals surface area contributed by atoms with Crippen molar-refractivity contribution in [2.75, 3.05) is 19.6 Å². The number of carbonyl (C=O) groups excluding carboxylic acids is 3. The second-order valence-corrected chi connectivity index (χ2v) is 11.9. The Morgan fingerprint density at radius 2 is 1.84 bits per heavy atom. The number of pyridine rings is 1. The molecule has 0 radical (unpaired) electrons. The number of ether oxygens (including phenoxy) is 1. The van der Waals surface area contributed by atoms with Crippen LogP contribution in [0.2, 0.25) is 5.02 Å². The van der Waals surface area contributed by atoms with Gasteiger partial charge in [-0.3, -0.25) is 14.6 Å². The highest BCUT2D eigenvalue weighted by atomic mass is 35.5. The fourth-order valence-corrected chi connectivity index (χ4v) is 6.52. The largest absolute Gasteiger partial charge is 0.415 e. The zero-order chi connectivity index (χ0) is 30.7. The number of hydrogen-bond acceptors (Lipinski definition) is 7. The number of halogens is 2. The van der Waals surface area contributed by atoms with Gasteiger partial charge in [-0.25, -0.2) is 9.18 Å². The van der Waals surface area contributed by atoms with Gasteiger partial charge in [-0.1, -0.05) is 17.7 Å². The number of nitrogens with one attached hydrogen (secondary N) is 2. The van der Waals surface area contributed by atoms with Gasteiger partial charge in [-0.15, -0.1) is 0 Å². The van der Waals surface area contributed by atoms with E-state index in [0.29, 0.717) is 49.2 Å². The maximum absolute atomic E-state index is 14.3. The summed E-state index contributed by atoms with van der Waals surface area (Å²) >= 11 is 6.59. The topological polar surface area (TPSA) is 101 Å². The molecule has 2 aromatic carbocycles. The highest BCUT2D eigenvalue weighted by Crippen LogP contribution is 2.37. The van der Waals surface area contributed by atoms with Crippen LogP contribution < -0.4 is 15.4 Å². The number of aromatic nitrogens is 1. The lowest BCUT2D eigenvalue weighted by atomic mass is 9.80.